The lowest BCUT2D eigenvalue weighted by Gasteiger charge is -2.21. The van der Waals surface area contributed by atoms with Crippen LogP contribution in [0.3, 0.4) is 0 Å². The minimum absolute atomic E-state index is 0.743. The fourth-order valence-electron chi connectivity index (χ4n) is 1.91. The van der Waals surface area contributed by atoms with Gasteiger partial charge in [-0.1, -0.05) is 11.6 Å². The van der Waals surface area contributed by atoms with Gasteiger partial charge in [0.15, 0.2) is 0 Å². The summed E-state index contributed by atoms with van der Waals surface area (Å²) in [5.41, 5.74) is 2.29. The van der Waals surface area contributed by atoms with Crippen LogP contribution in [-0.2, 0) is 6.42 Å². The molecule has 0 unspecified atom stereocenters. The lowest BCUT2D eigenvalue weighted by Crippen LogP contribution is -2.03. The van der Waals surface area contributed by atoms with E-state index >= 15 is 0 Å². The Hall–Kier alpha value is -0.510. The molecule has 0 amide bonds. The number of hydrogen-bond donors (Lipinski definition) is 0. The van der Waals surface area contributed by atoms with Crippen LogP contribution in [0.4, 0.5) is 0 Å². The maximum Gasteiger partial charge on any atom is 0.132 e. The van der Waals surface area contributed by atoms with Gasteiger partial charge >= 0.3 is 0 Å². The summed E-state index contributed by atoms with van der Waals surface area (Å²) in [7, 11) is 0. The third-order valence-corrected chi connectivity index (χ3v) is 4.81. The smallest absolute Gasteiger partial charge is 0.132 e. The predicted molar refractivity (Wildman–Crippen MR) is 76.2 cm³/mol. The topological polar surface area (TPSA) is 9.23 Å². The molecule has 0 fully saturated rings. The van der Waals surface area contributed by atoms with Gasteiger partial charge in [-0.2, -0.15) is 0 Å². The Labute approximate surface area is 121 Å². The van der Waals surface area contributed by atoms with Crippen molar-refractivity contribution in [2.75, 3.05) is 0 Å². The van der Waals surface area contributed by atoms with Crippen LogP contribution in [0.25, 0.3) is 0 Å². The molecule has 0 saturated carbocycles. The van der Waals surface area contributed by atoms with E-state index in [-0.39, 0.29) is 0 Å². The average molecular weight is 374 g/mol. The normalized spacial score (nSPS) is 12.6. The Bertz CT molecular complexity index is 611. The maximum absolute atomic E-state index is 5.99. The first kappa shape index (κ1) is 11.6. The number of benzene rings is 2. The van der Waals surface area contributed by atoms with E-state index in [0.29, 0.717) is 0 Å². The lowest BCUT2D eigenvalue weighted by molar-refractivity contribution is 0.459. The second-order valence-corrected chi connectivity index (χ2v) is 6.05. The van der Waals surface area contributed by atoms with Crippen LogP contribution in [0, 0.1) is 0 Å². The van der Waals surface area contributed by atoms with Crippen LogP contribution in [0.1, 0.15) is 11.1 Å². The molecular weight excluding hydrogens is 367 g/mol. The highest BCUT2D eigenvalue weighted by molar-refractivity contribution is 9.13. The third-order valence-electron chi connectivity index (χ3n) is 2.73. The first-order valence-corrected chi connectivity index (χ1v) is 7.04. The van der Waals surface area contributed by atoms with E-state index < -0.39 is 0 Å². The summed E-state index contributed by atoms with van der Waals surface area (Å²) < 4.78 is 7.89. The minimum Gasteiger partial charge on any atom is -0.457 e. The van der Waals surface area contributed by atoms with Crippen LogP contribution in [-0.4, -0.2) is 0 Å². The zero-order valence-electron chi connectivity index (χ0n) is 8.64. The quantitative estimate of drug-likeness (QED) is 0.500. The average Bonchev–Trinajstić information content (AvgIpc) is 2.28. The standard InChI is InChI=1S/C13H7Br2ClO/c14-10-5-8-3-7-4-9(16)1-2-12(7)17-13(8)6-11(10)15/h1-2,4-6H,3H2. The highest BCUT2D eigenvalue weighted by Crippen LogP contribution is 2.41. The third kappa shape index (κ3) is 2.12. The molecule has 3 rings (SSSR count). The summed E-state index contributed by atoms with van der Waals surface area (Å²) in [6, 6.07) is 9.77. The van der Waals surface area contributed by atoms with Crippen molar-refractivity contribution in [1.82, 2.24) is 0 Å². The monoisotopic (exact) mass is 372 g/mol. The molecule has 0 radical (unpaired) electrons. The molecule has 0 bridgehead atoms. The van der Waals surface area contributed by atoms with E-state index in [1.807, 2.05) is 24.3 Å². The number of halogens is 3. The van der Waals surface area contributed by atoms with Gasteiger partial charge in [0.25, 0.3) is 0 Å². The van der Waals surface area contributed by atoms with Crippen LogP contribution < -0.4 is 4.74 Å². The Balaban J connectivity index is 2.11. The van der Waals surface area contributed by atoms with Crippen molar-refractivity contribution < 1.29 is 4.74 Å². The number of fused-ring (bicyclic) bond motifs is 2. The van der Waals surface area contributed by atoms with Gasteiger partial charge in [-0.05, 0) is 62.2 Å². The van der Waals surface area contributed by atoms with Gasteiger partial charge in [0.1, 0.15) is 11.5 Å². The molecule has 0 saturated heterocycles. The zero-order chi connectivity index (χ0) is 12.0. The Morgan fingerprint density at radius 3 is 2.47 bits per heavy atom. The van der Waals surface area contributed by atoms with Gasteiger partial charge in [0, 0.05) is 31.5 Å². The first-order valence-electron chi connectivity index (χ1n) is 5.08. The van der Waals surface area contributed by atoms with Crippen molar-refractivity contribution in [3.63, 3.8) is 0 Å². The number of rotatable bonds is 0. The van der Waals surface area contributed by atoms with E-state index in [1.165, 1.54) is 0 Å². The van der Waals surface area contributed by atoms with Crippen molar-refractivity contribution in [2.45, 2.75) is 6.42 Å². The van der Waals surface area contributed by atoms with Crippen molar-refractivity contribution in [3.05, 3.63) is 55.4 Å². The summed E-state index contributed by atoms with van der Waals surface area (Å²) in [4.78, 5) is 0. The molecule has 17 heavy (non-hydrogen) atoms. The second kappa shape index (κ2) is 4.30. The molecule has 1 aliphatic rings. The molecular formula is C13H7Br2ClO. The molecule has 0 N–H and O–H groups in total. The summed E-state index contributed by atoms with van der Waals surface area (Å²) >= 11 is 13.0. The van der Waals surface area contributed by atoms with Gasteiger partial charge in [-0.25, -0.2) is 0 Å². The summed E-state index contributed by atoms with van der Waals surface area (Å²) in [6.45, 7) is 0. The maximum atomic E-state index is 5.99. The Morgan fingerprint density at radius 2 is 1.65 bits per heavy atom. The largest absolute Gasteiger partial charge is 0.457 e. The highest BCUT2D eigenvalue weighted by atomic mass is 79.9. The van der Waals surface area contributed by atoms with Gasteiger partial charge in [0.05, 0.1) is 0 Å². The predicted octanol–water partition coefficient (Wildman–Crippen LogP) is 5.56. The lowest BCUT2D eigenvalue weighted by atomic mass is 10.0. The van der Waals surface area contributed by atoms with Gasteiger partial charge in [0.2, 0.25) is 0 Å². The summed E-state index contributed by atoms with van der Waals surface area (Å²) in [6.07, 6.45) is 0.844. The van der Waals surface area contributed by atoms with E-state index in [0.717, 1.165) is 43.0 Å². The van der Waals surface area contributed by atoms with Gasteiger partial charge in [-0.15, -0.1) is 0 Å². The number of ether oxygens (including phenoxy) is 1. The van der Waals surface area contributed by atoms with E-state index in [2.05, 4.69) is 37.9 Å². The van der Waals surface area contributed by atoms with E-state index in [1.54, 1.807) is 0 Å². The van der Waals surface area contributed by atoms with E-state index in [4.69, 9.17) is 16.3 Å². The SMILES string of the molecule is Clc1ccc2c(c1)Cc1cc(Br)c(Br)cc1O2. The van der Waals surface area contributed by atoms with Crippen LogP contribution in [0.5, 0.6) is 11.5 Å². The Morgan fingerprint density at radius 1 is 0.941 bits per heavy atom. The molecule has 2 aromatic rings. The Kier molecular flexibility index (Phi) is 2.93. The van der Waals surface area contributed by atoms with Gasteiger partial charge in [-0.3, -0.25) is 0 Å². The molecule has 0 spiro atoms. The van der Waals surface area contributed by atoms with Gasteiger partial charge < -0.3 is 4.74 Å². The van der Waals surface area contributed by atoms with E-state index in [9.17, 15) is 0 Å². The van der Waals surface area contributed by atoms with Crippen LogP contribution in [0.2, 0.25) is 5.02 Å². The highest BCUT2D eigenvalue weighted by Gasteiger charge is 2.18. The summed E-state index contributed by atoms with van der Waals surface area (Å²) in [5.74, 6) is 1.78. The summed E-state index contributed by atoms with van der Waals surface area (Å²) in [5, 5.41) is 0.743. The van der Waals surface area contributed by atoms with Crippen molar-refractivity contribution in [2.24, 2.45) is 0 Å². The fraction of sp³-hybridized carbons (Fsp3) is 0.0769. The van der Waals surface area contributed by atoms with Crippen molar-refractivity contribution in [3.8, 4) is 11.5 Å². The zero-order valence-corrected chi connectivity index (χ0v) is 12.6. The molecule has 1 aliphatic heterocycles. The molecule has 2 aromatic carbocycles. The fourth-order valence-corrected chi connectivity index (χ4v) is 2.82. The minimum atomic E-state index is 0.743. The molecule has 0 aliphatic carbocycles. The van der Waals surface area contributed by atoms with Crippen molar-refractivity contribution in [1.29, 1.82) is 0 Å². The molecule has 1 heterocycles. The first-order chi connectivity index (χ1) is 8.13. The van der Waals surface area contributed by atoms with Crippen molar-refractivity contribution >= 4 is 43.5 Å². The molecule has 86 valence electrons. The molecule has 4 heteroatoms. The van der Waals surface area contributed by atoms with Crippen LogP contribution in [0.15, 0.2) is 39.3 Å². The molecule has 0 aromatic heterocycles. The van der Waals surface area contributed by atoms with Crippen LogP contribution >= 0.6 is 43.5 Å². The molecule has 1 nitrogen and oxygen atoms in total. The second-order valence-electron chi connectivity index (χ2n) is 3.90. The molecule has 0 atom stereocenters. The number of hydrogen-bond acceptors (Lipinski definition) is 1.